The number of nitrogen functional groups attached to an aromatic ring is 1. The van der Waals surface area contributed by atoms with Gasteiger partial charge in [-0.15, -0.1) is 0 Å². The highest BCUT2D eigenvalue weighted by molar-refractivity contribution is 5.47. The molecule has 0 heterocycles. The minimum absolute atomic E-state index is 1.90. The third-order valence-electron chi connectivity index (χ3n) is 2.37. The number of alkyl halides is 6. The zero-order chi connectivity index (χ0) is 16.0. The summed E-state index contributed by atoms with van der Waals surface area (Å²) in [5.41, 5.74) is -6.50. The average Bonchev–Trinajstić information content (AvgIpc) is 2.32. The predicted octanol–water partition coefficient (Wildman–Crippen LogP) is 3.82. The van der Waals surface area contributed by atoms with Gasteiger partial charge >= 0.3 is 6.18 Å². The highest BCUT2D eigenvalue weighted by atomic mass is 19.4. The smallest absolute Gasteiger partial charge is 0.394 e. The van der Waals surface area contributed by atoms with E-state index >= 15 is 0 Å². The number of hydrogen-bond acceptors (Lipinski definition) is 1. The van der Waals surface area contributed by atoms with Gasteiger partial charge in [0.05, 0.1) is 5.56 Å². The van der Waals surface area contributed by atoms with E-state index in [0.717, 1.165) is 0 Å². The lowest BCUT2D eigenvalue weighted by Crippen LogP contribution is -2.46. The SMILES string of the molecule is Nc1c(F)c(F)c(C(F)(C(F)F)C(F)(F)F)c(F)c1F. The first-order chi connectivity index (χ1) is 8.87. The molecule has 0 aliphatic rings. The van der Waals surface area contributed by atoms with Crippen LogP contribution in [0.25, 0.3) is 0 Å². The van der Waals surface area contributed by atoms with E-state index in [0.29, 0.717) is 0 Å². The molecule has 0 aliphatic carbocycles. The maximum Gasteiger partial charge on any atom is 0.432 e. The summed E-state index contributed by atoms with van der Waals surface area (Å²) in [4.78, 5) is 0. The summed E-state index contributed by atoms with van der Waals surface area (Å²) >= 11 is 0. The standard InChI is InChI=1S/C9H3F10N/c10-2-1(3(11)5(13)6(20)4(2)12)8(16,7(14)15)9(17,18)19/h7H,20H2. The largest absolute Gasteiger partial charge is 0.432 e. The second kappa shape index (κ2) is 4.70. The van der Waals surface area contributed by atoms with Gasteiger partial charge in [0.25, 0.3) is 12.1 Å². The lowest BCUT2D eigenvalue weighted by Gasteiger charge is -2.28. The molecule has 0 saturated heterocycles. The van der Waals surface area contributed by atoms with Crippen LogP contribution in [0, 0.1) is 23.3 Å². The van der Waals surface area contributed by atoms with Crippen molar-refractivity contribution in [2.24, 2.45) is 0 Å². The Morgan fingerprint density at radius 1 is 0.750 bits per heavy atom. The average molecular weight is 315 g/mol. The van der Waals surface area contributed by atoms with E-state index in [2.05, 4.69) is 5.73 Å². The van der Waals surface area contributed by atoms with Gasteiger partial charge in [-0.2, -0.15) is 13.2 Å². The number of hydrogen-bond donors (Lipinski definition) is 1. The zero-order valence-electron chi connectivity index (χ0n) is 8.93. The van der Waals surface area contributed by atoms with Gasteiger partial charge in [-0.3, -0.25) is 0 Å². The Bertz CT molecular complexity index is 508. The molecule has 0 fully saturated rings. The fourth-order valence-electron chi connectivity index (χ4n) is 1.34. The Kier molecular flexibility index (Phi) is 3.85. The van der Waals surface area contributed by atoms with Crippen LogP contribution in [-0.4, -0.2) is 12.6 Å². The van der Waals surface area contributed by atoms with Crippen molar-refractivity contribution in [1.29, 1.82) is 0 Å². The van der Waals surface area contributed by atoms with E-state index in [9.17, 15) is 43.9 Å². The lowest BCUT2D eigenvalue weighted by atomic mass is 9.93. The van der Waals surface area contributed by atoms with E-state index < -0.39 is 52.8 Å². The van der Waals surface area contributed by atoms with Crippen molar-refractivity contribution >= 4 is 5.69 Å². The molecular formula is C9H3F10N. The summed E-state index contributed by atoms with van der Waals surface area (Å²) in [6.07, 6.45) is -11.6. The van der Waals surface area contributed by atoms with Crippen LogP contribution in [0.15, 0.2) is 0 Å². The molecule has 1 nitrogen and oxygen atoms in total. The van der Waals surface area contributed by atoms with Crippen molar-refractivity contribution in [3.05, 3.63) is 28.8 Å². The Balaban J connectivity index is 3.86. The van der Waals surface area contributed by atoms with Crippen LogP contribution < -0.4 is 5.73 Å². The quantitative estimate of drug-likeness (QED) is 0.501. The van der Waals surface area contributed by atoms with E-state index in [1.54, 1.807) is 0 Å². The molecule has 1 rings (SSSR count). The number of benzene rings is 1. The van der Waals surface area contributed by atoms with Crippen LogP contribution in [0.2, 0.25) is 0 Å². The van der Waals surface area contributed by atoms with E-state index in [1.807, 2.05) is 0 Å². The Labute approximate surface area is 104 Å². The first-order valence-electron chi connectivity index (χ1n) is 4.53. The maximum absolute atomic E-state index is 13.4. The molecule has 1 unspecified atom stereocenters. The Morgan fingerprint density at radius 3 is 1.35 bits per heavy atom. The van der Waals surface area contributed by atoms with Gasteiger partial charge in [0.15, 0.2) is 23.3 Å². The highest BCUT2D eigenvalue weighted by Gasteiger charge is 2.67. The fourth-order valence-corrected chi connectivity index (χ4v) is 1.34. The first-order valence-corrected chi connectivity index (χ1v) is 4.53. The molecule has 0 saturated carbocycles. The number of nitrogens with two attached hydrogens (primary N) is 1. The van der Waals surface area contributed by atoms with Gasteiger partial charge in [-0.1, -0.05) is 0 Å². The van der Waals surface area contributed by atoms with Gasteiger partial charge in [0, 0.05) is 0 Å². The second-order valence-corrected chi connectivity index (χ2v) is 3.55. The van der Waals surface area contributed by atoms with E-state index in [-0.39, 0.29) is 0 Å². The first kappa shape index (κ1) is 16.4. The summed E-state index contributed by atoms with van der Waals surface area (Å²) in [6.45, 7) is 0. The van der Waals surface area contributed by atoms with Gasteiger partial charge < -0.3 is 5.73 Å². The van der Waals surface area contributed by atoms with E-state index in [4.69, 9.17) is 0 Å². The molecule has 0 bridgehead atoms. The summed E-state index contributed by atoms with van der Waals surface area (Å²) in [6, 6.07) is 0. The number of anilines is 1. The van der Waals surface area contributed by atoms with Gasteiger partial charge in [0.2, 0.25) is 0 Å². The summed E-state index contributed by atoms with van der Waals surface area (Å²) in [7, 11) is 0. The van der Waals surface area contributed by atoms with Gasteiger partial charge in [-0.25, -0.2) is 30.7 Å². The molecule has 20 heavy (non-hydrogen) atoms. The van der Waals surface area contributed by atoms with Crippen LogP contribution in [0.3, 0.4) is 0 Å². The molecular weight excluding hydrogens is 312 g/mol. The Hall–Kier alpha value is -1.68. The molecule has 114 valence electrons. The predicted molar refractivity (Wildman–Crippen MR) is 45.5 cm³/mol. The van der Waals surface area contributed by atoms with Crippen LogP contribution >= 0.6 is 0 Å². The van der Waals surface area contributed by atoms with Crippen molar-refractivity contribution in [3.63, 3.8) is 0 Å². The topological polar surface area (TPSA) is 26.0 Å². The molecule has 1 aromatic rings. The van der Waals surface area contributed by atoms with Gasteiger partial charge in [0.1, 0.15) is 5.69 Å². The molecule has 0 aliphatic heterocycles. The monoisotopic (exact) mass is 315 g/mol. The molecule has 0 radical (unpaired) electrons. The molecule has 1 atom stereocenters. The molecule has 1 aromatic carbocycles. The van der Waals surface area contributed by atoms with Crippen LogP contribution in [0.4, 0.5) is 49.6 Å². The van der Waals surface area contributed by atoms with Crippen LogP contribution in [-0.2, 0) is 5.67 Å². The van der Waals surface area contributed by atoms with Crippen molar-refractivity contribution in [2.45, 2.75) is 18.3 Å². The van der Waals surface area contributed by atoms with Crippen molar-refractivity contribution in [3.8, 4) is 0 Å². The van der Waals surface area contributed by atoms with E-state index in [1.165, 1.54) is 0 Å². The summed E-state index contributed by atoms with van der Waals surface area (Å²) in [5.74, 6) is -11.2. The second-order valence-electron chi connectivity index (χ2n) is 3.55. The van der Waals surface area contributed by atoms with Crippen molar-refractivity contribution in [1.82, 2.24) is 0 Å². The minimum atomic E-state index is -6.53. The normalized spacial score (nSPS) is 15.6. The third-order valence-corrected chi connectivity index (χ3v) is 2.37. The van der Waals surface area contributed by atoms with Crippen molar-refractivity contribution < 1.29 is 43.9 Å². The van der Waals surface area contributed by atoms with Crippen molar-refractivity contribution in [2.75, 3.05) is 5.73 Å². The third kappa shape index (κ3) is 2.04. The molecule has 0 aromatic heterocycles. The zero-order valence-corrected chi connectivity index (χ0v) is 8.93. The Morgan fingerprint density at radius 2 is 1.10 bits per heavy atom. The molecule has 0 amide bonds. The molecule has 11 heteroatoms. The summed E-state index contributed by atoms with van der Waals surface area (Å²) in [5, 5.41) is 0. The number of halogens is 10. The number of rotatable bonds is 2. The highest BCUT2D eigenvalue weighted by Crippen LogP contribution is 2.49. The minimum Gasteiger partial charge on any atom is -0.394 e. The lowest BCUT2D eigenvalue weighted by molar-refractivity contribution is -0.276. The molecule has 0 spiro atoms. The van der Waals surface area contributed by atoms with Gasteiger partial charge in [-0.05, 0) is 0 Å². The van der Waals surface area contributed by atoms with Crippen LogP contribution in [0.1, 0.15) is 5.56 Å². The maximum atomic E-state index is 13.4. The molecule has 2 N–H and O–H groups in total. The fraction of sp³-hybridized carbons (Fsp3) is 0.333. The summed E-state index contributed by atoms with van der Waals surface area (Å²) < 4.78 is 127. The van der Waals surface area contributed by atoms with Crippen LogP contribution in [0.5, 0.6) is 0 Å².